The average molecular weight is 281 g/mol. The molecule has 19 heavy (non-hydrogen) atoms. The number of halogens is 1. The maximum atomic E-state index is 13.1. The van der Waals surface area contributed by atoms with E-state index in [0.717, 1.165) is 12.1 Å². The van der Waals surface area contributed by atoms with Gasteiger partial charge in [0.25, 0.3) is 0 Å². The van der Waals surface area contributed by atoms with Gasteiger partial charge in [-0.05, 0) is 32.0 Å². The molecule has 1 heterocycles. The molecule has 3 nitrogen and oxygen atoms in total. The van der Waals surface area contributed by atoms with E-state index in [4.69, 9.17) is 4.74 Å². The molecule has 0 aliphatic rings. The first-order chi connectivity index (χ1) is 9.08. The van der Waals surface area contributed by atoms with Crippen LogP contribution in [0.25, 0.3) is 0 Å². The van der Waals surface area contributed by atoms with E-state index in [1.165, 1.54) is 17.0 Å². The zero-order valence-electron chi connectivity index (χ0n) is 10.9. The van der Waals surface area contributed by atoms with Gasteiger partial charge in [0.05, 0.1) is 23.9 Å². The summed E-state index contributed by atoms with van der Waals surface area (Å²) in [7, 11) is 0. The van der Waals surface area contributed by atoms with Crippen molar-refractivity contribution in [1.29, 1.82) is 0 Å². The maximum Gasteiger partial charge on any atom is 0.125 e. The highest BCUT2D eigenvalue weighted by Crippen LogP contribution is 2.26. The van der Waals surface area contributed by atoms with E-state index >= 15 is 0 Å². The Kier molecular flexibility index (Phi) is 4.50. The van der Waals surface area contributed by atoms with Crippen molar-refractivity contribution >= 4 is 11.3 Å². The molecule has 1 N–H and O–H groups in total. The van der Waals surface area contributed by atoms with Crippen LogP contribution in [0.1, 0.15) is 29.2 Å². The number of thiazole rings is 1. The Bertz CT molecular complexity index is 554. The second-order valence-corrected chi connectivity index (χ2v) is 5.26. The molecule has 102 valence electrons. The molecule has 5 heteroatoms. The van der Waals surface area contributed by atoms with Crippen molar-refractivity contribution < 1.29 is 14.2 Å². The standard InChI is InChI=1S/C14H16FNO2S/c1-9-14(19-8-16-9)5-6-18-13-4-3-11(15)7-12(13)10(2)17/h3-4,7-8,10,17H,5-6H2,1-2H3. The Labute approximate surface area is 115 Å². The number of ether oxygens (including phenoxy) is 1. The lowest BCUT2D eigenvalue weighted by Crippen LogP contribution is -2.05. The average Bonchev–Trinajstić information content (AvgIpc) is 2.77. The van der Waals surface area contributed by atoms with Gasteiger partial charge in [-0.3, -0.25) is 0 Å². The molecule has 0 bridgehead atoms. The van der Waals surface area contributed by atoms with Crippen LogP contribution in [0.4, 0.5) is 4.39 Å². The minimum absolute atomic E-state index is 0.374. The van der Waals surface area contributed by atoms with Crippen LogP contribution in [0, 0.1) is 12.7 Å². The summed E-state index contributed by atoms with van der Waals surface area (Å²) in [6.45, 7) is 4.04. The number of aliphatic hydroxyl groups is 1. The number of hydrogen-bond acceptors (Lipinski definition) is 4. The first-order valence-electron chi connectivity index (χ1n) is 6.07. The number of aliphatic hydroxyl groups excluding tert-OH is 1. The highest BCUT2D eigenvalue weighted by molar-refractivity contribution is 7.09. The van der Waals surface area contributed by atoms with Gasteiger partial charge in [-0.15, -0.1) is 11.3 Å². The van der Waals surface area contributed by atoms with E-state index in [-0.39, 0.29) is 5.82 Å². The zero-order valence-corrected chi connectivity index (χ0v) is 11.7. The van der Waals surface area contributed by atoms with Crippen molar-refractivity contribution in [3.63, 3.8) is 0 Å². The van der Waals surface area contributed by atoms with Crippen LogP contribution in [0.5, 0.6) is 5.75 Å². The van der Waals surface area contributed by atoms with Crippen LogP contribution in [0.2, 0.25) is 0 Å². The molecule has 0 fully saturated rings. The van der Waals surface area contributed by atoms with Gasteiger partial charge in [-0.25, -0.2) is 9.37 Å². The van der Waals surface area contributed by atoms with E-state index in [1.807, 2.05) is 12.4 Å². The van der Waals surface area contributed by atoms with E-state index in [1.54, 1.807) is 24.3 Å². The third-order valence-corrected chi connectivity index (χ3v) is 3.85. The van der Waals surface area contributed by atoms with Crippen molar-refractivity contribution in [1.82, 2.24) is 4.98 Å². The normalized spacial score (nSPS) is 12.4. The molecule has 0 radical (unpaired) electrons. The molecule has 0 spiro atoms. The van der Waals surface area contributed by atoms with Gasteiger partial charge in [0.1, 0.15) is 11.6 Å². The van der Waals surface area contributed by atoms with Gasteiger partial charge in [0, 0.05) is 16.9 Å². The topological polar surface area (TPSA) is 42.4 Å². The first kappa shape index (κ1) is 14.0. The molecule has 0 amide bonds. The molecule has 0 saturated carbocycles. The van der Waals surface area contributed by atoms with Crippen LogP contribution in [0.3, 0.4) is 0 Å². The number of benzene rings is 1. The predicted octanol–water partition coefficient (Wildman–Crippen LogP) is 3.27. The van der Waals surface area contributed by atoms with Crippen LogP contribution < -0.4 is 4.74 Å². The third kappa shape index (κ3) is 3.52. The quantitative estimate of drug-likeness (QED) is 0.914. The minimum Gasteiger partial charge on any atom is -0.493 e. The van der Waals surface area contributed by atoms with Crippen LogP contribution in [0.15, 0.2) is 23.7 Å². The number of nitrogens with zero attached hydrogens (tertiary/aromatic N) is 1. The molecular formula is C14H16FNO2S. The predicted molar refractivity (Wildman–Crippen MR) is 73.1 cm³/mol. The van der Waals surface area contributed by atoms with Crippen LogP contribution in [-0.4, -0.2) is 16.7 Å². The second-order valence-electron chi connectivity index (χ2n) is 4.32. The van der Waals surface area contributed by atoms with Crippen molar-refractivity contribution in [3.05, 3.63) is 45.7 Å². The molecule has 0 saturated heterocycles. The van der Waals surface area contributed by atoms with E-state index in [0.29, 0.717) is 17.9 Å². The molecule has 1 aromatic heterocycles. The summed E-state index contributed by atoms with van der Waals surface area (Å²) >= 11 is 1.60. The fourth-order valence-corrected chi connectivity index (χ4v) is 2.56. The van der Waals surface area contributed by atoms with Gasteiger partial charge >= 0.3 is 0 Å². The van der Waals surface area contributed by atoms with Crippen molar-refractivity contribution in [2.75, 3.05) is 6.61 Å². The zero-order chi connectivity index (χ0) is 13.8. The number of rotatable bonds is 5. The summed E-state index contributed by atoms with van der Waals surface area (Å²) in [5.74, 6) is 0.153. The van der Waals surface area contributed by atoms with Crippen molar-refractivity contribution in [3.8, 4) is 5.75 Å². The molecular weight excluding hydrogens is 265 g/mol. The molecule has 2 aromatic rings. The molecule has 0 aliphatic carbocycles. The monoisotopic (exact) mass is 281 g/mol. The summed E-state index contributed by atoms with van der Waals surface area (Å²) in [5, 5.41) is 9.60. The molecule has 1 unspecified atom stereocenters. The lowest BCUT2D eigenvalue weighted by Gasteiger charge is -2.13. The van der Waals surface area contributed by atoms with E-state index in [9.17, 15) is 9.50 Å². The molecule has 1 aromatic carbocycles. The highest BCUT2D eigenvalue weighted by Gasteiger charge is 2.11. The maximum absolute atomic E-state index is 13.1. The van der Waals surface area contributed by atoms with E-state index in [2.05, 4.69) is 4.98 Å². The Hall–Kier alpha value is -1.46. The highest BCUT2D eigenvalue weighted by atomic mass is 32.1. The Morgan fingerprint density at radius 2 is 2.26 bits per heavy atom. The van der Waals surface area contributed by atoms with Gasteiger partial charge in [0.2, 0.25) is 0 Å². The molecule has 2 rings (SSSR count). The fraction of sp³-hybridized carbons (Fsp3) is 0.357. The van der Waals surface area contributed by atoms with Gasteiger partial charge in [-0.2, -0.15) is 0 Å². The van der Waals surface area contributed by atoms with Crippen molar-refractivity contribution in [2.24, 2.45) is 0 Å². The smallest absolute Gasteiger partial charge is 0.125 e. The largest absolute Gasteiger partial charge is 0.493 e. The number of hydrogen-bond donors (Lipinski definition) is 1. The lowest BCUT2D eigenvalue weighted by atomic mass is 10.1. The summed E-state index contributed by atoms with van der Waals surface area (Å²) in [5.41, 5.74) is 3.30. The van der Waals surface area contributed by atoms with Gasteiger partial charge in [0.15, 0.2) is 0 Å². The van der Waals surface area contributed by atoms with Crippen LogP contribution in [-0.2, 0) is 6.42 Å². The van der Waals surface area contributed by atoms with Gasteiger partial charge < -0.3 is 9.84 Å². The summed E-state index contributed by atoms with van der Waals surface area (Å²) in [4.78, 5) is 5.35. The summed E-state index contributed by atoms with van der Waals surface area (Å²) in [6.07, 6.45) is 0.00322. The molecule has 1 atom stereocenters. The lowest BCUT2D eigenvalue weighted by molar-refractivity contribution is 0.191. The number of aromatic nitrogens is 1. The summed E-state index contributed by atoms with van der Waals surface area (Å²) < 4.78 is 18.8. The second kappa shape index (κ2) is 6.12. The van der Waals surface area contributed by atoms with Crippen molar-refractivity contribution in [2.45, 2.75) is 26.4 Å². The summed E-state index contributed by atoms with van der Waals surface area (Å²) in [6, 6.07) is 4.19. The van der Waals surface area contributed by atoms with E-state index < -0.39 is 6.10 Å². The number of aryl methyl sites for hydroxylation is 1. The van der Waals surface area contributed by atoms with Crippen LogP contribution >= 0.6 is 11.3 Å². The Morgan fingerprint density at radius 1 is 1.47 bits per heavy atom. The Morgan fingerprint density at radius 3 is 2.89 bits per heavy atom. The van der Waals surface area contributed by atoms with Gasteiger partial charge in [-0.1, -0.05) is 0 Å². The SMILES string of the molecule is Cc1ncsc1CCOc1ccc(F)cc1C(C)O. The Balaban J connectivity index is 2.01. The first-order valence-corrected chi connectivity index (χ1v) is 6.95. The minimum atomic E-state index is -0.754. The fourth-order valence-electron chi connectivity index (χ4n) is 1.80. The molecule has 0 aliphatic heterocycles. The third-order valence-electron chi connectivity index (χ3n) is 2.85.